The van der Waals surface area contributed by atoms with Crippen molar-refractivity contribution in [3.63, 3.8) is 0 Å². The first-order chi connectivity index (χ1) is 11.9. The first-order valence-corrected chi connectivity index (χ1v) is 11.2. The predicted molar refractivity (Wildman–Crippen MR) is 102 cm³/mol. The highest BCUT2D eigenvalue weighted by Gasteiger charge is 2.19. The second kappa shape index (κ2) is 16.0. The van der Waals surface area contributed by atoms with Crippen molar-refractivity contribution >= 4 is 7.82 Å². The largest absolute Gasteiger partial charge is 0.469 e. The van der Waals surface area contributed by atoms with E-state index in [1.165, 1.54) is 64.2 Å². The number of phosphoric acid groups is 1. The number of nitrogens with two attached hydrogens (primary N) is 1. The number of aliphatic hydroxyl groups excluding tert-OH is 1. The van der Waals surface area contributed by atoms with Gasteiger partial charge in [-0.05, 0) is 12.8 Å². The van der Waals surface area contributed by atoms with E-state index in [1.54, 1.807) is 6.08 Å². The third-order valence-electron chi connectivity index (χ3n) is 4.19. The van der Waals surface area contributed by atoms with Crippen molar-refractivity contribution in [1.82, 2.24) is 0 Å². The van der Waals surface area contributed by atoms with E-state index < -0.39 is 26.6 Å². The van der Waals surface area contributed by atoms with Gasteiger partial charge in [0.1, 0.15) is 0 Å². The van der Waals surface area contributed by atoms with E-state index in [9.17, 15) is 9.67 Å². The quantitative estimate of drug-likeness (QED) is 0.172. The zero-order valence-electron chi connectivity index (χ0n) is 15.7. The van der Waals surface area contributed by atoms with Crippen molar-refractivity contribution in [3.8, 4) is 0 Å². The van der Waals surface area contributed by atoms with Gasteiger partial charge in [-0.1, -0.05) is 83.3 Å². The van der Waals surface area contributed by atoms with Gasteiger partial charge in [-0.25, -0.2) is 4.57 Å². The Morgan fingerprint density at radius 1 is 0.960 bits per heavy atom. The summed E-state index contributed by atoms with van der Waals surface area (Å²) in [6.45, 7) is 1.76. The molecule has 25 heavy (non-hydrogen) atoms. The maximum absolute atomic E-state index is 10.5. The first-order valence-electron chi connectivity index (χ1n) is 9.67. The Kier molecular flexibility index (Phi) is 15.8. The molecule has 0 fully saturated rings. The normalized spacial score (nSPS) is 14.9. The number of phosphoric ester groups is 1. The standard InChI is InChI=1S/C18H38NO5P/c1-2-3-4-5-6-7-8-9-10-11-12-13-14-15-17(19)18(20)16-24-25(21,22)23/h14-15,17-18,20H,2-13,16,19H2,1H3,(H2,21,22,23)/b15-14+/t17-,18+/m1/s1. The fourth-order valence-corrected chi connectivity index (χ4v) is 2.94. The highest BCUT2D eigenvalue weighted by Crippen LogP contribution is 2.35. The molecule has 5 N–H and O–H groups in total. The number of allylic oxidation sites excluding steroid dienone is 1. The van der Waals surface area contributed by atoms with Crippen LogP contribution in [0.1, 0.15) is 84.0 Å². The lowest BCUT2D eigenvalue weighted by Gasteiger charge is -2.15. The van der Waals surface area contributed by atoms with E-state index in [0.29, 0.717) is 0 Å². The van der Waals surface area contributed by atoms with Gasteiger partial charge in [0.2, 0.25) is 0 Å². The Balaban J connectivity index is 3.46. The van der Waals surface area contributed by atoms with Crippen molar-refractivity contribution in [1.29, 1.82) is 0 Å². The van der Waals surface area contributed by atoms with E-state index in [-0.39, 0.29) is 0 Å². The second-order valence-electron chi connectivity index (χ2n) is 6.68. The van der Waals surface area contributed by atoms with Gasteiger partial charge in [0.05, 0.1) is 18.8 Å². The minimum absolute atomic E-state index is 0.478. The smallest absolute Gasteiger partial charge is 0.389 e. The summed E-state index contributed by atoms with van der Waals surface area (Å²) in [6.07, 6.45) is 17.7. The fraction of sp³-hybridized carbons (Fsp3) is 0.889. The molecular formula is C18H38NO5P. The third-order valence-corrected chi connectivity index (χ3v) is 4.68. The van der Waals surface area contributed by atoms with Crippen molar-refractivity contribution in [2.45, 2.75) is 96.1 Å². The second-order valence-corrected chi connectivity index (χ2v) is 7.92. The molecule has 0 aromatic carbocycles. The molecule has 0 aromatic heterocycles. The molecule has 0 saturated carbocycles. The topological polar surface area (TPSA) is 113 Å². The Morgan fingerprint density at radius 2 is 1.44 bits per heavy atom. The van der Waals surface area contributed by atoms with Gasteiger partial charge in [-0.2, -0.15) is 0 Å². The van der Waals surface area contributed by atoms with Crippen LogP contribution in [-0.2, 0) is 9.09 Å². The lowest BCUT2D eigenvalue weighted by molar-refractivity contribution is 0.0769. The van der Waals surface area contributed by atoms with Crippen LogP contribution in [0.5, 0.6) is 0 Å². The molecule has 0 rings (SSSR count). The summed E-state index contributed by atoms with van der Waals surface area (Å²) in [7, 11) is -4.56. The molecule has 6 nitrogen and oxygen atoms in total. The van der Waals surface area contributed by atoms with Crippen molar-refractivity contribution in [2.75, 3.05) is 6.61 Å². The van der Waals surface area contributed by atoms with E-state index in [2.05, 4.69) is 11.4 Å². The van der Waals surface area contributed by atoms with Gasteiger partial charge >= 0.3 is 7.82 Å². The fourth-order valence-electron chi connectivity index (χ4n) is 2.59. The molecular weight excluding hydrogens is 341 g/mol. The van der Waals surface area contributed by atoms with Gasteiger partial charge in [-0.3, -0.25) is 4.52 Å². The molecule has 0 heterocycles. The minimum Gasteiger partial charge on any atom is -0.389 e. The lowest BCUT2D eigenvalue weighted by Crippen LogP contribution is -2.36. The Hall–Kier alpha value is -0.230. The molecule has 0 saturated heterocycles. The van der Waals surface area contributed by atoms with Crippen molar-refractivity contribution < 1.29 is 24.0 Å². The molecule has 2 atom stereocenters. The Morgan fingerprint density at radius 3 is 1.92 bits per heavy atom. The van der Waals surface area contributed by atoms with Crippen molar-refractivity contribution in [2.24, 2.45) is 5.73 Å². The zero-order valence-corrected chi connectivity index (χ0v) is 16.6. The van der Waals surface area contributed by atoms with Gasteiger partial charge in [0.15, 0.2) is 0 Å². The molecule has 0 radical (unpaired) electrons. The highest BCUT2D eigenvalue weighted by molar-refractivity contribution is 7.46. The summed E-state index contributed by atoms with van der Waals surface area (Å²) in [5, 5.41) is 9.63. The van der Waals surface area contributed by atoms with Gasteiger partial charge in [-0.15, -0.1) is 0 Å². The van der Waals surface area contributed by atoms with Gasteiger partial charge < -0.3 is 20.6 Å². The average Bonchev–Trinajstić information content (AvgIpc) is 2.56. The summed E-state index contributed by atoms with van der Waals surface area (Å²) in [5.74, 6) is 0. The number of rotatable bonds is 17. The maximum atomic E-state index is 10.5. The van der Waals surface area contributed by atoms with Crippen LogP contribution < -0.4 is 5.73 Å². The molecule has 0 amide bonds. The first kappa shape index (κ1) is 24.8. The third kappa shape index (κ3) is 18.4. The summed E-state index contributed by atoms with van der Waals surface area (Å²) < 4.78 is 14.8. The van der Waals surface area contributed by atoms with E-state index >= 15 is 0 Å². The summed E-state index contributed by atoms with van der Waals surface area (Å²) >= 11 is 0. The number of hydrogen-bond acceptors (Lipinski definition) is 4. The molecule has 150 valence electrons. The molecule has 0 unspecified atom stereocenters. The summed E-state index contributed by atoms with van der Waals surface area (Å²) in [5.41, 5.74) is 5.72. The molecule has 0 bridgehead atoms. The van der Waals surface area contributed by atoms with Gasteiger partial charge in [0.25, 0.3) is 0 Å². The Labute approximate surface area is 153 Å². The van der Waals surface area contributed by atoms with Crippen molar-refractivity contribution in [3.05, 3.63) is 12.2 Å². The maximum Gasteiger partial charge on any atom is 0.469 e. The summed E-state index contributed by atoms with van der Waals surface area (Å²) in [6, 6.07) is -0.681. The highest BCUT2D eigenvalue weighted by atomic mass is 31.2. The summed E-state index contributed by atoms with van der Waals surface area (Å²) in [4.78, 5) is 17.1. The van der Waals surface area contributed by atoms with Crippen LogP contribution in [0.15, 0.2) is 12.2 Å². The molecule has 0 spiro atoms. The lowest BCUT2D eigenvalue weighted by atomic mass is 10.0. The zero-order chi connectivity index (χ0) is 19.0. The van der Waals surface area contributed by atoms with E-state index in [0.717, 1.165) is 12.8 Å². The SMILES string of the molecule is CCCCCCCCCCCCC/C=C/[C@@H](N)[C@@H](O)COP(=O)(O)O. The minimum atomic E-state index is -4.56. The van der Waals surface area contributed by atoms with Crippen LogP contribution in [0.25, 0.3) is 0 Å². The monoisotopic (exact) mass is 379 g/mol. The van der Waals surface area contributed by atoms with Crippen LogP contribution in [0.3, 0.4) is 0 Å². The number of hydrogen-bond donors (Lipinski definition) is 4. The average molecular weight is 379 g/mol. The predicted octanol–water partition coefficient (Wildman–Crippen LogP) is 4.04. The van der Waals surface area contributed by atoms with Crippen LogP contribution in [0.2, 0.25) is 0 Å². The Bertz CT molecular complexity index is 372. The van der Waals surface area contributed by atoms with Crippen LogP contribution in [0, 0.1) is 0 Å². The van der Waals surface area contributed by atoms with Crippen LogP contribution >= 0.6 is 7.82 Å². The molecule has 0 aliphatic heterocycles. The number of aliphatic hydroxyl groups is 1. The molecule has 0 aliphatic carbocycles. The van der Waals surface area contributed by atoms with E-state index in [1.807, 2.05) is 6.08 Å². The number of unbranched alkanes of at least 4 members (excludes halogenated alkanes) is 11. The molecule has 7 heteroatoms. The molecule has 0 aliphatic rings. The van der Waals surface area contributed by atoms with Crippen LogP contribution in [0.4, 0.5) is 0 Å². The van der Waals surface area contributed by atoms with E-state index in [4.69, 9.17) is 15.5 Å². The van der Waals surface area contributed by atoms with Crippen LogP contribution in [-0.4, -0.2) is 33.6 Å². The molecule has 0 aromatic rings. The van der Waals surface area contributed by atoms with Gasteiger partial charge in [0, 0.05) is 0 Å².